The monoisotopic (exact) mass is 539 g/mol. The van der Waals surface area contributed by atoms with Crippen molar-refractivity contribution in [2.24, 2.45) is 0 Å². The van der Waals surface area contributed by atoms with Gasteiger partial charge in [-0.25, -0.2) is 9.86 Å². The first-order valence-corrected chi connectivity index (χ1v) is 12.6. The van der Waals surface area contributed by atoms with Crippen LogP contribution in [-0.4, -0.2) is 50.0 Å². The van der Waals surface area contributed by atoms with Crippen molar-refractivity contribution in [2.45, 2.75) is 17.6 Å². The van der Waals surface area contributed by atoms with Gasteiger partial charge in [0.25, 0.3) is 0 Å². The fourth-order valence-corrected chi connectivity index (χ4v) is 5.81. The van der Waals surface area contributed by atoms with E-state index in [-0.39, 0.29) is 0 Å². The molecule has 1 aliphatic rings. The molecular weight excluding hydrogens is 510 g/mol. The summed E-state index contributed by atoms with van der Waals surface area (Å²) in [5, 5.41) is 11.9. The molecule has 0 heterocycles. The van der Waals surface area contributed by atoms with Crippen LogP contribution in [0.5, 0.6) is 17.2 Å². The highest BCUT2D eigenvalue weighted by molar-refractivity contribution is 5.84. The number of carbonyl (C=O) groups excluding carboxylic acids is 1. The molecule has 0 aliphatic heterocycles. The number of carboxylic acids is 1. The van der Waals surface area contributed by atoms with Crippen molar-refractivity contribution in [1.82, 2.24) is 5.06 Å². The number of hydroxylamine groups is 2. The molecule has 0 aromatic heterocycles. The van der Waals surface area contributed by atoms with E-state index in [9.17, 15) is 14.7 Å². The van der Waals surface area contributed by atoms with Gasteiger partial charge in [-0.1, -0.05) is 66.7 Å². The Kier molecular flexibility index (Phi) is 7.44. The molecule has 0 fully saturated rings. The fraction of sp³-hybridized carbons (Fsp3) is 0.188. The number of amides is 1. The van der Waals surface area contributed by atoms with Crippen LogP contribution in [0.15, 0.2) is 97.1 Å². The second kappa shape index (κ2) is 11.1. The molecule has 0 spiro atoms. The third-order valence-corrected chi connectivity index (χ3v) is 7.39. The van der Waals surface area contributed by atoms with Gasteiger partial charge in [-0.05, 0) is 46.5 Å². The molecule has 1 aliphatic carbocycles. The number of hydrogen-bond acceptors (Lipinski definition) is 6. The van der Waals surface area contributed by atoms with E-state index in [1.807, 2.05) is 48.5 Å². The Morgan fingerprint density at radius 3 is 1.95 bits per heavy atom. The predicted octanol–water partition coefficient (Wildman–Crippen LogP) is 5.26. The Labute approximate surface area is 232 Å². The molecule has 40 heavy (non-hydrogen) atoms. The molecule has 0 saturated carbocycles. The lowest BCUT2D eigenvalue weighted by Crippen LogP contribution is -2.61. The standard InChI is InChI=1S/C32H29NO7/c1-37-22-17-18-27(28(19-22)38-2)32(33(20-34)39-3,30(31(35)36)40-21-11-5-4-6-12-21)29-25-15-9-7-13-23(25)24-14-8-10-16-26(24)29/h4-20,29-30H,1-3H3,(H,35,36). The Hall–Kier alpha value is -4.82. The zero-order valence-electron chi connectivity index (χ0n) is 22.3. The maximum Gasteiger partial charge on any atom is 0.347 e. The normalized spacial score (nSPS) is 14.3. The molecule has 8 heteroatoms. The van der Waals surface area contributed by atoms with Gasteiger partial charge >= 0.3 is 5.97 Å². The number of benzene rings is 4. The molecule has 0 saturated heterocycles. The van der Waals surface area contributed by atoms with Gasteiger partial charge in [-0.2, -0.15) is 0 Å². The van der Waals surface area contributed by atoms with E-state index in [4.69, 9.17) is 19.0 Å². The number of carbonyl (C=O) groups is 2. The van der Waals surface area contributed by atoms with Gasteiger partial charge < -0.3 is 19.3 Å². The molecule has 0 bridgehead atoms. The van der Waals surface area contributed by atoms with E-state index in [1.54, 1.807) is 48.5 Å². The average Bonchev–Trinajstić information content (AvgIpc) is 3.34. The lowest BCUT2D eigenvalue weighted by atomic mass is 9.68. The van der Waals surface area contributed by atoms with Crippen LogP contribution in [0.25, 0.3) is 11.1 Å². The number of fused-ring (bicyclic) bond motifs is 3. The summed E-state index contributed by atoms with van der Waals surface area (Å²) in [6, 6.07) is 29.1. The molecule has 4 aromatic rings. The largest absolute Gasteiger partial charge is 0.497 e. The first-order valence-electron chi connectivity index (χ1n) is 12.6. The van der Waals surface area contributed by atoms with Crippen molar-refractivity contribution in [3.05, 3.63) is 114 Å². The second-order valence-corrected chi connectivity index (χ2v) is 9.26. The minimum Gasteiger partial charge on any atom is -0.497 e. The zero-order valence-corrected chi connectivity index (χ0v) is 22.3. The molecule has 5 rings (SSSR count). The van der Waals surface area contributed by atoms with Gasteiger partial charge in [0.05, 0.1) is 21.3 Å². The van der Waals surface area contributed by atoms with Gasteiger partial charge in [0.1, 0.15) is 17.2 Å². The molecule has 4 aromatic carbocycles. The first-order chi connectivity index (χ1) is 19.5. The van der Waals surface area contributed by atoms with Crippen LogP contribution in [0.3, 0.4) is 0 Å². The number of carboxylic acid groups (broad SMARTS) is 1. The van der Waals surface area contributed by atoms with Crippen molar-refractivity contribution in [3.8, 4) is 28.4 Å². The lowest BCUT2D eigenvalue weighted by Gasteiger charge is -2.48. The van der Waals surface area contributed by atoms with E-state index in [0.29, 0.717) is 29.2 Å². The van der Waals surface area contributed by atoms with Crippen LogP contribution in [0, 0.1) is 0 Å². The molecule has 1 N–H and O–H groups in total. The van der Waals surface area contributed by atoms with Crippen LogP contribution in [-0.2, 0) is 20.0 Å². The van der Waals surface area contributed by atoms with Gasteiger partial charge in [0.2, 0.25) is 12.5 Å². The zero-order chi connectivity index (χ0) is 28.3. The summed E-state index contributed by atoms with van der Waals surface area (Å²) in [5.41, 5.74) is 2.03. The third-order valence-electron chi connectivity index (χ3n) is 7.39. The number of hydrogen-bond donors (Lipinski definition) is 1. The first kappa shape index (κ1) is 26.8. The Morgan fingerprint density at radius 1 is 0.825 bits per heavy atom. The van der Waals surface area contributed by atoms with Crippen LogP contribution < -0.4 is 14.2 Å². The summed E-state index contributed by atoms with van der Waals surface area (Å²) in [7, 11) is 4.33. The van der Waals surface area contributed by atoms with Crippen LogP contribution in [0.1, 0.15) is 22.6 Å². The van der Waals surface area contributed by atoms with E-state index >= 15 is 0 Å². The maximum absolute atomic E-state index is 13.4. The van der Waals surface area contributed by atoms with E-state index in [1.165, 1.54) is 21.3 Å². The summed E-state index contributed by atoms with van der Waals surface area (Å²) in [4.78, 5) is 32.0. The number of aliphatic carboxylic acids is 1. The Balaban J connectivity index is 1.94. The molecular formula is C32H29NO7. The molecule has 1 amide bonds. The minimum absolute atomic E-state index is 0.299. The van der Waals surface area contributed by atoms with E-state index in [0.717, 1.165) is 27.3 Å². The number of para-hydroxylation sites is 1. The van der Waals surface area contributed by atoms with Gasteiger partial charge in [0.15, 0.2) is 5.54 Å². The van der Waals surface area contributed by atoms with Crippen molar-refractivity contribution >= 4 is 12.4 Å². The maximum atomic E-state index is 13.4. The molecule has 0 radical (unpaired) electrons. The van der Waals surface area contributed by atoms with Crippen LogP contribution in [0.2, 0.25) is 0 Å². The van der Waals surface area contributed by atoms with Crippen LogP contribution >= 0.6 is 0 Å². The molecule has 8 nitrogen and oxygen atoms in total. The fourth-order valence-electron chi connectivity index (χ4n) is 5.81. The van der Waals surface area contributed by atoms with Gasteiger partial charge in [0, 0.05) is 17.5 Å². The third kappa shape index (κ3) is 4.23. The SMILES string of the molecule is COc1ccc(C(C(Oc2ccccc2)C(=O)O)(C2c3ccccc3-c3ccccc32)N(C=O)OC)c(OC)c1. The van der Waals surface area contributed by atoms with Crippen molar-refractivity contribution in [1.29, 1.82) is 0 Å². The average molecular weight is 540 g/mol. The van der Waals surface area contributed by atoms with Crippen molar-refractivity contribution in [2.75, 3.05) is 21.3 Å². The number of nitrogens with zero attached hydrogens (tertiary/aromatic N) is 1. The van der Waals surface area contributed by atoms with Gasteiger partial charge in [-0.3, -0.25) is 9.63 Å². The molecule has 204 valence electrons. The Morgan fingerprint density at radius 2 is 1.43 bits per heavy atom. The summed E-state index contributed by atoms with van der Waals surface area (Å²) in [6.07, 6.45) is -1.18. The quantitative estimate of drug-likeness (QED) is 0.205. The van der Waals surface area contributed by atoms with E-state index in [2.05, 4.69) is 0 Å². The smallest absolute Gasteiger partial charge is 0.347 e. The summed E-state index contributed by atoms with van der Waals surface area (Å²) in [6.45, 7) is 0. The summed E-state index contributed by atoms with van der Waals surface area (Å²) < 4.78 is 17.6. The highest BCUT2D eigenvalue weighted by Gasteiger charge is 2.61. The van der Waals surface area contributed by atoms with Gasteiger partial charge in [-0.15, -0.1) is 0 Å². The molecule has 2 unspecified atom stereocenters. The minimum atomic E-state index is -1.81. The number of ether oxygens (including phenoxy) is 3. The number of rotatable bonds is 11. The highest BCUT2D eigenvalue weighted by Crippen LogP contribution is 2.58. The lowest BCUT2D eigenvalue weighted by molar-refractivity contribution is -0.224. The van der Waals surface area contributed by atoms with Crippen LogP contribution in [0.4, 0.5) is 0 Å². The van der Waals surface area contributed by atoms with Crippen molar-refractivity contribution in [3.63, 3.8) is 0 Å². The molecule has 2 atom stereocenters. The topological polar surface area (TPSA) is 94.5 Å². The number of methoxy groups -OCH3 is 2. The predicted molar refractivity (Wildman–Crippen MR) is 148 cm³/mol. The Bertz CT molecular complexity index is 1480. The second-order valence-electron chi connectivity index (χ2n) is 9.26. The summed E-state index contributed by atoms with van der Waals surface area (Å²) in [5.74, 6) is -0.932. The summed E-state index contributed by atoms with van der Waals surface area (Å²) >= 11 is 0. The van der Waals surface area contributed by atoms with Crippen molar-refractivity contribution < 1.29 is 33.7 Å². The van der Waals surface area contributed by atoms with E-state index < -0.39 is 23.5 Å². The highest BCUT2D eigenvalue weighted by atomic mass is 16.7.